The zero-order valence-corrected chi connectivity index (χ0v) is 33.3. The van der Waals surface area contributed by atoms with E-state index in [0.717, 1.165) is 5.57 Å². The first-order valence-electron chi connectivity index (χ1n) is 19.0. The Morgan fingerprint density at radius 3 is 1.89 bits per heavy atom. The molecule has 0 saturated carbocycles. The summed E-state index contributed by atoms with van der Waals surface area (Å²) in [5.74, 6) is -2.80. The Kier molecular flexibility index (Phi) is 13.1. The number of nitrogens with zero attached hydrogens (tertiary/aromatic N) is 3. The zero-order valence-electron chi connectivity index (χ0n) is 33.3. The molecule has 4 aliphatic rings. The fourth-order valence-corrected chi connectivity index (χ4v) is 7.53. The first-order chi connectivity index (χ1) is 26.5. The Hall–Kier alpha value is -5.44. The van der Waals surface area contributed by atoms with E-state index in [0.29, 0.717) is 22.6 Å². The van der Waals surface area contributed by atoms with E-state index < -0.39 is 83.9 Å². The summed E-state index contributed by atoms with van der Waals surface area (Å²) in [7, 11) is 5.95. The molecule has 9 atom stereocenters. The standard InChI is InChI=1S/C41H54N6O9/c1-22-28-13-18-34(48)35(22)56-30-16-11-27(12-17-30)20-33-41(54)46(6)32(21-28)38(51)42-23(2)36(49)43-24(3)39(52)45(5)31(19-26-9-14-29(55-8)15-10-26)37(50)44-25(4)40(53)47(33)7/h9-17,22-25,31-35,48H,18-21H2,1-8H3,(H,42,51)(H,43,49)(H,44,50)/t22-,23+,24-,25-,31-,32-,33-,34+,35-/m0/s1. The largest absolute Gasteiger partial charge is 0.497 e. The molecule has 0 spiro atoms. The predicted octanol–water partition coefficient (Wildman–Crippen LogP) is 0.967. The SMILES string of the molecule is COc1ccc(C[C@H]2C(=O)N[C@@H](C)C(=O)N(C)[C@H]3Cc4ccc(cc4)O[C@@H]4[C@H](O)CC=C(C[C@@H](C(=O)N[C@H](C)C(=O)N[C@@H](C)C(=O)N2C)N(C)C3=O)[C@@H]4C)cc1. The molecule has 2 aromatic rings. The minimum Gasteiger partial charge on any atom is -0.497 e. The van der Waals surface area contributed by atoms with E-state index in [1.165, 1.54) is 63.7 Å². The van der Waals surface area contributed by atoms with Gasteiger partial charge in [-0.15, -0.1) is 0 Å². The second-order valence-electron chi connectivity index (χ2n) is 15.1. The van der Waals surface area contributed by atoms with Gasteiger partial charge in [0.05, 0.1) is 13.2 Å². The maximum atomic E-state index is 14.7. The summed E-state index contributed by atoms with van der Waals surface area (Å²) in [6, 6.07) is 7.32. The molecule has 1 aliphatic carbocycles. The normalized spacial score (nSPS) is 30.0. The number of carbonyl (C=O) groups is 6. The van der Waals surface area contributed by atoms with Crippen molar-refractivity contribution in [2.75, 3.05) is 28.3 Å². The molecule has 0 unspecified atom stereocenters. The molecule has 1 fully saturated rings. The van der Waals surface area contributed by atoms with Crippen LogP contribution in [0.25, 0.3) is 0 Å². The van der Waals surface area contributed by atoms with Crippen molar-refractivity contribution in [1.29, 1.82) is 0 Å². The first-order valence-corrected chi connectivity index (χ1v) is 19.0. The number of fused-ring (bicyclic) bond motifs is 2. The third-order valence-electron chi connectivity index (χ3n) is 11.3. The molecule has 3 heterocycles. The van der Waals surface area contributed by atoms with Gasteiger partial charge in [0.1, 0.15) is 53.9 Å². The van der Waals surface area contributed by atoms with E-state index in [9.17, 15) is 33.9 Å². The average Bonchev–Trinajstić information content (AvgIpc) is 3.18. The Morgan fingerprint density at radius 2 is 1.27 bits per heavy atom. The lowest BCUT2D eigenvalue weighted by atomic mass is 9.81. The van der Waals surface area contributed by atoms with Crippen molar-refractivity contribution < 1.29 is 43.3 Å². The third kappa shape index (κ3) is 9.15. The van der Waals surface area contributed by atoms with Crippen molar-refractivity contribution in [3.8, 4) is 11.5 Å². The topological polar surface area (TPSA) is 187 Å². The van der Waals surface area contributed by atoms with Gasteiger partial charge >= 0.3 is 0 Å². The Balaban J connectivity index is 1.57. The molecule has 6 amide bonds. The number of aliphatic hydroxyl groups is 1. The lowest BCUT2D eigenvalue weighted by molar-refractivity contribution is -0.149. The van der Waals surface area contributed by atoms with Crippen LogP contribution in [0, 0.1) is 5.92 Å². The number of hydrogen-bond donors (Lipinski definition) is 4. The highest BCUT2D eigenvalue weighted by Crippen LogP contribution is 2.33. The number of benzene rings is 2. The van der Waals surface area contributed by atoms with E-state index in [-0.39, 0.29) is 31.6 Å². The number of methoxy groups -OCH3 is 1. The highest BCUT2D eigenvalue weighted by molar-refractivity contribution is 5.98. The number of aliphatic hydroxyl groups excluding tert-OH is 1. The number of nitrogens with one attached hydrogen (secondary N) is 3. The second-order valence-corrected chi connectivity index (χ2v) is 15.1. The first kappa shape index (κ1) is 41.7. The predicted molar refractivity (Wildman–Crippen MR) is 206 cm³/mol. The second kappa shape index (κ2) is 17.6. The molecule has 0 radical (unpaired) electrons. The van der Waals surface area contributed by atoms with Crippen LogP contribution in [-0.2, 0) is 41.6 Å². The fourth-order valence-electron chi connectivity index (χ4n) is 7.53. The minimum atomic E-state index is -1.14. The van der Waals surface area contributed by atoms with Crippen molar-refractivity contribution in [3.63, 3.8) is 0 Å². The van der Waals surface area contributed by atoms with Gasteiger partial charge in [0.25, 0.3) is 0 Å². The fraction of sp³-hybridized carbons (Fsp3) is 0.512. The van der Waals surface area contributed by atoms with Gasteiger partial charge in [0.15, 0.2) is 0 Å². The van der Waals surface area contributed by atoms with Crippen molar-refractivity contribution >= 4 is 35.4 Å². The summed E-state index contributed by atoms with van der Waals surface area (Å²) in [6.07, 6.45) is 0.858. The van der Waals surface area contributed by atoms with Crippen LogP contribution in [0.15, 0.2) is 60.2 Å². The number of hydrogen-bond acceptors (Lipinski definition) is 9. The average molecular weight is 775 g/mol. The van der Waals surface area contributed by atoms with E-state index >= 15 is 0 Å². The van der Waals surface area contributed by atoms with Crippen LogP contribution in [0.1, 0.15) is 51.7 Å². The van der Waals surface area contributed by atoms with E-state index in [1.54, 1.807) is 48.5 Å². The molecule has 4 N–H and O–H groups in total. The smallest absolute Gasteiger partial charge is 0.246 e. The quantitative estimate of drug-likeness (QED) is 0.330. The molecule has 6 bridgehead atoms. The maximum absolute atomic E-state index is 14.7. The van der Waals surface area contributed by atoms with Crippen LogP contribution in [-0.4, -0.2) is 132 Å². The van der Waals surface area contributed by atoms with Gasteiger partial charge < -0.3 is 45.2 Å². The van der Waals surface area contributed by atoms with Gasteiger partial charge in [0.2, 0.25) is 35.4 Å². The third-order valence-corrected chi connectivity index (χ3v) is 11.3. The number of rotatable bonds is 3. The Morgan fingerprint density at radius 1 is 0.696 bits per heavy atom. The van der Waals surface area contributed by atoms with Crippen LogP contribution in [0.2, 0.25) is 0 Å². The van der Waals surface area contributed by atoms with Crippen LogP contribution in [0.4, 0.5) is 0 Å². The number of likely N-dealkylation sites (N-methyl/N-ethyl adjacent to an activating group) is 3. The molecule has 302 valence electrons. The summed E-state index contributed by atoms with van der Waals surface area (Å²) in [5.41, 5.74) is 2.18. The zero-order chi connectivity index (χ0) is 41.0. The molecule has 6 rings (SSSR count). The van der Waals surface area contributed by atoms with Crippen LogP contribution >= 0.6 is 0 Å². The Labute approximate surface area is 327 Å². The summed E-state index contributed by atoms with van der Waals surface area (Å²) in [6.45, 7) is 6.35. The monoisotopic (exact) mass is 774 g/mol. The molecule has 15 heteroatoms. The van der Waals surface area contributed by atoms with Gasteiger partial charge in [-0.25, -0.2) is 0 Å². The molecule has 1 saturated heterocycles. The van der Waals surface area contributed by atoms with Crippen molar-refractivity contribution in [2.24, 2.45) is 5.92 Å². The van der Waals surface area contributed by atoms with Gasteiger partial charge in [-0.2, -0.15) is 0 Å². The van der Waals surface area contributed by atoms with Gasteiger partial charge in [0, 0.05) is 39.9 Å². The lowest BCUT2D eigenvalue weighted by Gasteiger charge is -2.39. The summed E-state index contributed by atoms with van der Waals surface area (Å²) in [4.78, 5) is 88.3. The van der Waals surface area contributed by atoms with Crippen LogP contribution in [0.5, 0.6) is 11.5 Å². The summed E-state index contributed by atoms with van der Waals surface area (Å²) >= 11 is 0. The lowest BCUT2D eigenvalue weighted by Crippen LogP contribution is -2.61. The van der Waals surface area contributed by atoms with Gasteiger partial charge in [-0.3, -0.25) is 28.8 Å². The summed E-state index contributed by atoms with van der Waals surface area (Å²) in [5, 5.41) is 19.1. The van der Waals surface area contributed by atoms with Gasteiger partial charge in [-0.1, -0.05) is 42.8 Å². The van der Waals surface area contributed by atoms with Crippen LogP contribution < -0.4 is 25.4 Å². The molecule has 0 aromatic heterocycles. The number of amides is 6. The molecular weight excluding hydrogens is 720 g/mol. The van der Waals surface area contributed by atoms with E-state index in [4.69, 9.17) is 9.47 Å². The highest BCUT2D eigenvalue weighted by Gasteiger charge is 2.41. The van der Waals surface area contributed by atoms with Crippen molar-refractivity contribution in [1.82, 2.24) is 30.7 Å². The van der Waals surface area contributed by atoms with Crippen molar-refractivity contribution in [2.45, 2.75) is 102 Å². The Bertz CT molecular complexity index is 1830. The molecule has 15 nitrogen and oxygen atoms in total. The number of ether oxygens (including phenoxy) is 2. The molecule has 2 aromatic carbocycles. The van der Waals surface area contributed by atoms with Crippen molar-refractivity contribution in [3.05, 3.63) is 71.3 Å². The molecule has 3 aliphatic heterocycles. The maximum Gasteiger partial charge on any atom is 0.246 e. The van der Waals surface area contributed by atoms with E-state index in [1.807, 2.05) is 13.0 Å². The summed E-state index contributed by atoms with van der Waals surface area (Å²) < 4.78 is 11.6. The number of carbonyl (C=O) groups excluding carboxylic acids is 6. The highest BCUT2D eigenvalue weighted by atomic mass is 16.5. The van der Waals surface area contributed by atoms with Gasteiger partial charge in [-0.05, 0) is 69.0 Å². The minimum absolute atomic E-state index is 0.0554. The molecule has 56 heavy (non-hydrogen) atoms. The van der Waals surface area contributed by atoms with E-state index in [2.05, 4.69) is 16.0 Å². The van der Waals surface area contributed by atoms with Crippen LogP contribution in [0.3, 0.4) is 0 Å². The molecular formula is C41H54N6O9.